The van der Waals surface area contributed by atoms with Crippen LogP contribution in [0.5, 0.6) is 0 Å². The van der Waals surface area contributed by atoms with E-state index < -0.39 is 11.9 Å². The van der Waals surface area contributed by atoms with Crippen LogP contribution in [0.4, 0.5) is 0 Å². The Morgan fingerprint density at radius 1 is 0.824 bits per heavy atom. The van der Waals surface area contributed by atoms with Gasteiger partial charge in [-0.05, 0) is 0 Å². The van der Waals surface area contributed by atoms with Crippen molar-refractivity contribution < 1.29 is 19.8 Å². The van der Waals surface area contributed by atoms with Crippen LogP contribution >= 0.6 is 0 Å². The SMILES string of the molecule is CC([O])=O.CC([O])=O.[CH2]CCC.[CH2]CCC.[Sn]. The summed E-state index contributed by atoms with van der Waals surface area (Å²) in [5.41, 5.74) is 0. The molecule has 0 N–H and O–H groups in total. The van der Waals surface area contributed by atoms with Gasteiger partial charge in [0, 0.05) is 37.8 Å². The molecule has 0 saturated heterocycles. The summed E-state index contributed by atoms with van der Waals surface area (Å²) in [5, 5.41) is 17.8. The topological polar surface area (TPSA) is 73.9 Å². The molecule has 4 nitrogen and oxygen atoms in total. The number of hydrogen-bond donors (Lipinski definition) is 0. The third kappa shape index (κ3) is 983. The first-order valence-corrected chi connectivity index (χ1v) is 5.23. The Balaban J connectivity index is -0.0000000369. The van der Waals surface area contributed by atoms with Gasteiger partial charge in [-0.25, -0.2) is 19.8 Å². The minimum atomic E-state index is -1.08. The molecule has 100 valence electrons. The molecule has 0 saturated carbocycles. The van der Waals surface area contributed by atoms with E-state index in [0.717, 1.165) is 26.7 Å². The Kier molecular flexibility index (Phi) is 63.8. The molecule has 0 heterocycles. The van der Waals surface area contributed by atoms with Crippen molar-refractivity contribution in [3.8, 4) is 0 Å². The van der Waals surface area contributed by atoms with E-state index >= 15 is 0 Å². The maximum atomic E-state index is 8.89. The Labute approximate surface area is 123 Å². The van der Waals surface area contributed by atoms with Crippen LogP contribution < -0.4 is 0 Å². The minimum absolute atomic E-state index is 0. The summed E-state index contributed by atoms with van der Waals surface area (Å²) in [6.45, 7) is 13.4. The van der Waals surface area contributed by atoms with Crippen LogP contribution in [0.1, 0.15) is 53.4 Å². The van der Waals surface area contributed by atoms with Gasteiger partial charge >= 0.3 is 11.9 Å². The van der Waals surface area contributed by atoms with Crippen molar-refractivity contribution in [2.24, 2.45) is 0 Å². The van der Waals surface area contributed by atoms with Crippen molar-refractivity contribution in [1.29, 1.82) is 0 Å². The predicted octanol–water partition coefficient (Wildman–Crippen LogP) is 2.79. The number of carbonyl (C=O) groups is 2. The van der Waals surface area contributed by atoms with Crippen LogP contribution in [0, 0.1) is 13.8 Å². The summed E-state index contributed by atoms with van der Waals surface area (Å²) in [4.78, 5) is 17.8. The smallest absolute Gasteiger partial charge is 0.248 e. The number of unbranched alkanes of at least 4 members (excludes halogenated alkanes) is 2. The van der Waals surface area contributed by atoms with Gasteiger partial charge in [0.15, 0.2) is 0 Å². The van der Waals surface area contributed by atoms with Crippen LogP contribution in [-0.2, 0) is 19.8 Å². The van der Waals surface area contributed by atoms with Crippen LogP contribution in [0.15, 0.2) is 0 Å². The van der Waals surface area contributed by atoms with E-state index in [1.807, 2.05) is 0 Å². The molecule has 0 aliphatic carbocycles. The summed E-state index contributed by atoms with van der Waals surface area (Å²) in [6, 6.07) is 0. The van der Waals surface area contributed by atoms with E-state index in [1.165, 1.54) is 12.8 Å². The second-order valence-corrected chi connectivity index (χ2v) is 2.69. The summed E-state index contributed by atoms with van der Waals surface area (Å²) < 4.78 is 0. The molecule has 5 heteroatoms. The molecule has 0 unspecified atom stereocenters. The molecule has 0 atom stereocenters. The number of hydrogen-bond acceptors (Lipinski definition) is 2. The summed E-state index contributed by atoms with van der Waals surface area (Å²) >= 11 is 0. The number of rotatable bonds is 2. The second-order valence-electron chi connectivity index (χ2n) is 2.69. The Bertz CT molecular complexity index is 110. The van der Waals surface area contributed by atoms with E-state index in [2.05, 4.69) is 27.7 Å². The standard InChI is InChI=1S/2C4H9.2C2H3O2.Sn/c2*1-3-4-2;2*1-2(3)4;/h2*1,3-4H2,2H3;2*1H3;. The van der Waals surface area contributed by atoms with E-state index in [4.69, 9.17) is 19.8 Å². The zero-order valence-corrected chi connectivity index (χ0v) is 14.2. The van der Waals surface area contributed by atoms with E-state index in [0.29, 0.717) is 0 Å². The fraction of sp³-hybridized carbons (Fsp3) is 0.667. The minimum Gasteiger partial charge on any atom is -0.248 e. The van der Waals surface area contributed by atoms with Crippen molar-refractivity contribution in [3.63, 3.8) is 0 Å². The maximum Gasteiger partial charge on any atom is 0.352 e. The van der Waals surface area contributed by atoms with E-state index in [-0.39, 0.29) is 23.9 Å². The average molecular weight is 351 g/mol. The van der Waals surface area contributed by atoms with Gasteiger partial charge in [-0.2, -0.15) is 0 Å². The summed E-state index contributed by atoms with van der Waals surface area (Å²) in [7, 11) is 0. The van der Waals surface area contributed by atoms with Crippen molar-refractivity contribution in [2.45, 2.75) is 53.4 Å². The quantitative estimate of drug-likeness (QED) is 0.718. The van der Waals surface area contributed by atoms with Gasteiger partial charge in [-0.3, -0.25) is 0 Å². The first-order valence-electron chi connectivity index (χ1n) is 5.23. The van der Waals surface area contributed by atoms with Crippen LogP contribution in [0.3, 0.4) is 0 Å². The molecule has 0 fully saturated rings. The van der Waals surface area contributed by atoms with Crippen molar-refractivity contribution in [3.05, 3.63) is 13.8 Å². The van der Waals surface area contributed by atoms with Gasteiger partial charge in [0.05, 0.1) is 0 Å². The van der Waals surface area contributed by atoms with E-state index in [9.17, 15) is 0 Å². The summed E-state index contributed by atoms with van der Waals surface area (Å²) in [6.07, 6.45) is 4.56. The third-order valence-electron chi connectivity index (χ3n) is 0.707. The fourth-order valence-electron chi connectivity index (χ4n) is 0. The van der Waals surface area contributed by atoms with Gasteiger partial charge in [-0.15, -0.1) is 0 Å². The third-order valence-corrected chi connectivity index (χ3v) is 0.707. The van der Waals surface area contributed by atoms with Gasteiger partial charge in [-0.1, -0.05) is 53.4 Å². The van der Waals surface area contributed by atoms with Gasteiger partial charge < -0.3 is 0 Å². The van der Waals surface area contributed by atoms with Gasteiger partial charge in [0.2, 0.25) is 0 Å². The van der Waals surface area contributed by atoms with Crippen molar-refractivity contribution in [1.82, 2.24) is 0 Å². The first kappa shape index (κ1) is 30.1. The molecule has 8 radical (unpaired) electrons. The first-order chi connectivity index (χ1) is 7.29. The molecule has 0 rings (SSSR count). The molecule has 0 aliphatic rings. The van der Waals surface area contributed by atoms with Crippen molar-refractivity contribution >= 4 is 35.8 Å². The fourth-order valence-corrected chi connectivity index (χ4v) is 0. The maximum absolute atomic E-state index is 8.89. The average Bonchev–Trinajstić information content (AvgIpc) is 2.16. The zero-order valence-electron chi connectivity index (χ0n) is 11.4. The number of carbonyl (C=O) groups excluding carboxylic acids is 2. The van der Waals surface area contributed by atoms with Crippen LogP contribution in [0.2, 0.25) is 0 Å². The molecule has 0 aromatic carbocycles. The molecule has 0 aliphatic heterocycles. The van der Waals surface area contributed by atoms with Gasteiger partial charge in [0.25, 0.3) is 0 Å². The molecule has 0 amide bonds. The second kappa shape index (κ2) is 36.0. The summed E-state index contributed by atoms with van der Waals surface area (Å²) in [5.74, 6) is -2.17. The molecule has 0 aromatic heterocycles. The Hall–Kier alpha value is -0.261. The Morgan fingerprint density at radius 3 is 0.882 bits per heavy atom. The largest absolute Gasteiger partial charge is 0.352 e. The molecule has 0 spiro atoms. The molecule has 0 aromatic rings. The normalized spacial score (nSPS) is 6.47. The molecular formula is C12H24O4Sn. The van der Waals surface area contributed by atoms with Crippen LogP contribution in [-0.4, -0.2) is 35.8 Å². The molecular weight excluding hydrogens is 327 g/mol. The Morgan fingerprint density at radius 2 is 0.882 bits per heavy atom. The zero-order chi connectivity index (χ0) is 14.0. The molecule has 17 heavy (non-hydrogen) atoms. The van der Waals surface area contributed by atoms with Crippen molar-refractivity contribution in [2.75, 3.05) is 0 Å². The van der Waals surface area contributed by atoms with Crippen LogP contribution in [0.25, 0.3) is 0 Å². The van der Waals surface area contributed by atoms with E-state index in [1.54, 1.807) is 0 Å². The monoisotopic (exact) mass is 352 g/mol. The predicted molar refractivity (Wildman–Crippen MR) is 69.0 cm³/mol. The molecule has 0 bridgehead atoms. The van der Waals surface area contributed by atoms with Gasteiger partial charge in [0.1, 0.15) is 0 Å².